The second-order valence-electron chi connectivity index (χ2n) is 10.9. The second kappa shape index (κ2) is 18.7. The van der Waals surface area contributed by atoms with Crippen LogP contribution in [0, 0.1) is 11.3 Å². The van der Waals surface area contributed by atoms with Gasteiger partial charge in [0.15, 0.2) is 0 Å². The lowest BCUT2D eigenvalue weighted by Gasteiger charge is -2.28. The molecule has 2 aromatic rings. The van der Waals surface area contributed by atoms with Crippen LogP contribution < -0.4 is 15.2 Å². The fourth-order valence-corrected chi connectivity index (χ4v) is 5.42. The minimum atomic E-state index is -0.485. The number of unbranched alkanes of at least 4 members (excludes halogenated alkanes) is 9. The van der Waals surface area contributed by atoms with E-state index in [4.69, 9.17) is 15.2 Å². The molecule has 0 aliphatic heterocycles. The Morgan fingerprint density at radius 2 is 1.34 bits per heavy atom. The topological polar surface area (TPSA) is 68.3 Å². The quantitative estimate of drug-likeness (QED) is 0.167. The molecule has 0 bridgehead atoms. The van der Waals surface area contributed by atoms with E-state index in [2.05, 4.69) is 37.3 Å². The van der Waals surface area contributed by atoms with Crippen LogP contribution >= 0.6 is 0 Å². The highest BCUT2D eigenvalue weighted by atomic mass is 16.5. The highest BCUT2D eigenvalue weighted by Crippen LogP contribution is 2.37. The standard InChI is InChI=1S/C34H52N2O2/c1-4-5-6-7-8-9-10-11-12-13-24-34(28-35,30-18-15-21-33(27-30)38-3)25-16-19-31(36)23-22-29-17-14-20-32(26-29)37-2/h14-15,17-18,20-21,26-27,31H,4-13,16,19,22-25,36H2,1-3H3. The van der Waals surface area contributed by atoms with E-state index >= 15 is 0 Å². The van der Waals surface area contributed by atoms with Gasteiger partial charge in [-0.1, -0.05) is 95.4 Å². The first kappa shape index (κ1) is 31.7. The number of hydrogen-bond acceptors (Lipinski definition) is 4. The molecule has 0 radical (unpaired) electrons. The van der Waals surface area contributed by atoms with Gasteiger partial charge in [0, 0.05) is 6.04 Å². The van der Waals surface area contributed by atoms with Crippen LogP contribution in [0.25, 0.3) is 0 Å². The number of methoxy groups -OCH3 is 2. The Labute approximate surface area is 232 Å². The molecule has 0 spiro atoms. The van der Waals surface area contributed by atoms with Crippen molar-refractivity contribution < 1.29 is 9.47 Å². The van der Waals surface area contributed by atoms with Gasteiger partial charge in [0.1, 0.15) is 11.5 Å². The number of aryl methyl sites for hydroxylation is 1. The molecule has 0 saturated carbocycles. The molecule has 38 heavy (non-hydrogen) atoms. The number of benzene rings is 2. The van der Waals surface area contributed by atoms with Gasteiger partial charge in [0.25, 0.3) is 0 Å². The van der Waals surface area contributed by atoms with E-state index in [9.17, 15) is 5.26 Å². The van der Waals surface area contributed by atoms with Crippen molar-refractivity contribution in [2.45, 2.75) is 121 Å². The zero-order valence-electron chi connectivity index (χ0n) is 24.4. The molecule has 2 rings (SSSR count). The average Bonchev–Trinajstić information content (AvgIpc) is 2.96. The van der Waals surface area contributed by atoms with Crippen molar-refractivity contribution in [3.05, 3.63) is 59.7 Å². The van der Waals surface area contributed by atoms with Gasteiger partial charge >= 0.3 is 0 Å². The summed E-state index contributed by atoms with van der Waals surface area (Å²) in [5.74, 6) is 1.71. The maximum atomic E-state index is 10.5. The van der Waals surface area contributed by atoms with Crippen molar-refractivity contribution in [3.63, 3.8) is 0 Å². The van der Waals surface area contributed by atoms with Crippen molar-refractivity contribution >= 4 is 0 Å². The van der Waals surface area contributed by atoms with Gasteiger partial charge in [-0.25, -0.2) is 0 Å². The molecule has 0 fully saturated rings. The Morgan fingerprint density at radius 1 is 0.763 bits per heavy atom. The Hall–Kier alpha value is -2.51. The van der Waals surface area contributed by atoms with Gasteiger partial charge in [-0.3, -0.25) is 0 Å². The lowest BCUT2D eigenvalue weighted by Crippen LogP contribution is -2.26. The minimum absolute atomic E-state index is 0.125. The fourth-order valence-electron chi connectivity index (χ4n) is 5.42. The summed E-state index contributed by atoms with van der Waals surface area (Å²) in [6.07, 6.45) is 18.5. The van der Waals surface area contributed by atoms with E-state index in [1.807, 2.05) is 24.3 Å². The van der Waals surface area contributed by atoms with Crippen LogP contribution in [0.15, 0.2) is 48.5 Å². The third kappa shape index (κ3) is 11.5. The molecule has 0 aliphatic rings. The van der Waals surface area contributed by atoms with E-state index in [-0.39, 0.29) is 6.04 Å². The highest BCUT2D eigenvalue weighted by molar-refractivity contribution is 5.38. The third-order valence-electron chi connectivity index (χ3n) is 7.91. The van der Waals surface area contributed by atoms with E-state index in [0.29, 0.717) is 0 Å². The van der Waals surface area contributed by atoms with E-state index in [1.165, 1.54) is 63.4 Å². The Kier molecular flexibility index (Phi) is 15.6. The van der Waals surface area contributed by atoms with Gasteiger partial charge in [-0.15, -0.1) is 0 Å². The summed E-state index contributed by atoms with van der Waals surface area (Å²) in [6, 6.07) is 19.2. The summed E-state index contributed by atoms with van der Waals surface area (Å²) in [4.78, 5) is 0. The SMILES string of the molecule is CCCCCCCCCCCCC(C#N)(CCCC(N)CCc1cccc(OC)c1)c1cccc(OC)c1. The molecule has 4 nitrogen and oxygen atoms in total. The zero-order valence-corrected chi connectivity index (χ0v) is 24.4. The van der Waals surface area contributed by atoms with E-state index < -0.39 is 5.41 Å². The first-order chi connectivity index (χ1) is 18.6. The number of rotatable bonds is 21. The molecular weight excluding hydrogens is 468 g/mol. The van der Waals surface area contributed by atoms with Crippen molar-refractivity contribution in [2.24, 2.45) is 5.73 Å². The molecule has 210 valence electrons. The monoisotopic (exact) mass is 520 g/mol. The average molecular weight is 521 g/mol. The zero-order chi connectivity index (χ0) is 27.5. The molecule has 2 aromatic carbocycles. The molecule has 2 unspecified atom stereocenters. The highest BCUT2D eigenvalue weighted by Gasteiger charge is 2.32. The van der Waals surface area contributed by atoms with Crippen LogP contribution in [0.4, 0.5) is 0 Å². The Morgan fingerprint density at radius 3 is 1.97 bits per heavy atom. The molecular formula is C34H52N2O2. The summed E-state index contributed by atoms with van der Waals surface area (Å²) in [7, 11) is 3.39. The van der Waals surface area contributed by atoms with Crippen LogP contribution in [0.1, 0.15) is 114 Å². The van der Waals surface area contributed by atoms with E-state index in [0.717, 1.165) is 62.0 Å². The number of nitriles is 1. The fraction of sp³-hybridized carbons (Fsp3) is 0.618. The number of nitrogens with two attached hydrogens (primary N) is 1. The van der Waals surface area contributed by atoms with E-state index in [1.54, 1.807) is 14.2 Å². The van der Waals surface area contributed by atoms with Gasteiger partial charge in [-0.2, -0.15) is 5.26 Å². The molecule has 0 aliphatic carbocycles. The van der Waals surface area contributed by atoms with Crippen LogP contribution in [0.2, 0.25) is 0 Å². The van der Waals surface area contributed by atoms with Crippen LogP contribution in [0.5, 0.6) is 11.5 Å². The smallest absolute Gasteiger partial charge is 0.119 e. The maximum absolute atomic E-state index is 10.5. The first-order valence-electron chi connectivity index (χ1n) is 15.0. The largest absolute Gasteiger partial charge is 0.497 e. The van der Waals surface area contributed by atoms with Crippen LogP contribution in [-0.2, 0) is 11.8 Å². The Bertz CT molecular complexity index is 938. The molecule has 0 amide bonds. The molecule has 0 saturated heterocycles. The van der Waals surface area contributed by atoms with Crippen molar-refractivity contribution in [3.8, 4) is 17.6 Å². The van der Waals surface area contributed by atoms with Crippen LogP contribution in [-0.4, -0.2) is 20.3 Å². The normalized spacial score (nSPS) is 13.4. The summed E-state index contributed by atoms with van der Waals surface area (Å²) >= 11 is 0. The molecule has 2 atom stereocenters. The Balaban J connectivity index is 1.87. The van der Waals surface area contributed by atoms with Crippen molar-refractivity contribution in [2.75, 3.05) is 14.2 Å². The summed E-state index contributed by atoms with van der Waals surface area (Å²) < 4.78 is 10.8. The summed E-state index contributed by atoms with van der Waals surface area (Å²) in [6.45, 7) is 2.27. The summed E-state index contributed by atoms with van der Waals surface area (Å²) in [5, 5.41) is 10.5. The van der Waals surface area contributed by atoms with Crippen LogP contribution in [0.3, 0.4) is 0 Å². The number of hydrogen-bond donors (Lipinski definition) is 1. The van der Waals surface area contributed by atoms with Gasteiger partial charge in [0.2, 0.25) is 0 Å². The third-order valence-corrected chi connectivity index (χ3v) is 7.91. The minimum Gasteiger partial charge on any atom is -0.497 e. The van der Waals surface area contributed by atoms with Gasteiger partial charge < -0.3 is 15.2 Å². The summed E-state index contributed by atoms with van der Waals surface area (Å²) in [5.41, 5.74) is 8.37. The predicted molar refractivity (Wildman–Crippen MR) is 160 cm³/mol. The van der Waals surface area contributed by atoms with Gasteiger partial charge in [-0.05, 0) is 73.9 Å². The second-order valence-corrected chi connectivity index (χ2v) is 10.9. The lowest BCUT2D eigenvalue weighted by atomic mass is 9.73. The number of nitrogens with zero attached hydrogens (tertiary/aromatic N) is 1. The molecule has 2 N–H and O–H groups in total. The lowest BCUT2D eigenvalue weighted by molar-refractivity contribution is 0.393. The molecule has 4 heteroatoms. The maximum Gasteiger partial charge on any atom is 0.119 e. The van der Waals surface area contributed by atoms with Crippen molar-refractivity contribution in [1.82, 2.24) is 0 Å². The molecule has 0 heterocycles. The van der Waals surface area contributed by atoms with Gasteiger partial charge in [0.05, 0.1) is 25.7 Å². The number of ether oxygens (including phenoxy) is 2. The predicted octanol–water partition coefficient (Wildman–Crippen LogP) is 8.91. The molecule has 0 aromatic heterocycles. The van der Waals surface area contributed by atoms with Crippen molar-refractivity contribution in [1.29, 1.82) is 5.26 Å². The first-order valence-corrected chi connectivity index (χ1v) is 15.0.